The predicted molar refractivity (Wildman–Crippen MR) is 96.6 cm³/mol. The highest BCUT2D eigenvalue weighted by atomic mass is 16.5. The molecule has 1 aromatic carbocycles. The highest BCUT2D eigenvalue weighted by molar-refractivity contribution is 5.92. The quantitative estimate of drug-likeness (QED) is 0.905. The summed E-state index contributed by atoms with van der Waals surface area (Å²) in [5.74, 6) is 2.14. The first kappa shape index (κ1) is 17.5. The molecule has 1 saturated heterocycles. The lowest BCUT2D eigenvalue weighted by atomic mass is 10.1. The van der Waals surface area contributed by atoms with Crippen molar-refractivity contribution in [2.75, 3.05) is 13.1 Å². The third-order valence-electron chi connectivity index (χ3n) is 4.83. The largest absolute Gasteiger partial charge is 0.485 e. The molecule has 5 nitrogen and oxygen atoms in total. The maximum Gasteiger partial charge on any atom is 0.289 e. The summed E-state index contributed by atoms with van der Waals surface area (Å²) in [6, 6.07) is 9.78. The van der Waals surface area contributed by atoms with Gasteiger partial charge in [0.1, 0.15) is 18.1 Å². The van der Waals surface area contributed by atoms with E-state index in [1.54, 1.807) is 12.1 Å². The fourth-order valence-corrected chi connectivity index (χ4v) is 3.42. The molecule has 0 saturated carbocycles. The predicted octanol–water partition coefficient (Wildman–Crippen LogP) is 3.28. The van der Waals surface area contributed by atoms with E-state index in [0.29, 0.717) is 37.1 Å². The number of nitrogens with two attached hydrogens (primary N) is 1. The topological polar surface area (TPSA) is 68.7 Å². The molecule has 5 heteroatoms. The number of nitrogens with zero attached hydrogens (tertiary/aromatic N) is 1. The second kappa shape index (κ2) is 7.31. The molecule has 1 aromatic heterocycles. The minimum absolute atomic E-state index is 0.0683. The summed E-state index contributed by atoms with van der Waals surface area (Å²) in [6.07, 6.45) is 0.950. The molecule has 2 unspecified atom stereocenters. The van der Waals surface area contributed by atoms with Crippen LogP contribution in [0.4, 0.5) is 0 Å². The third-order valence-corrected chi connectivity index (χ3v) is 4.83. The standard InChI is InChI=1S/C20H26N2O3/c1-13-4-6-18(14(2)8-13)24-12-17-5-7-19(25-17)20(23)22-11-16(10-21)9-15(22)3/h4-8,15-16H,9-12,21H2,1-3H3. The van der Waals surface area contributed by atoms with Gasteiger partial charge in [-0.15, -0.1) is 0 Å². The Morgan fingerprint density at radius 1 is 1.32 bits per heavy atom. The highest BCUT2D eigenvalue weighted by Crippen LogP contribution is 2.25. The first-order chi connectivity index (χ1) is 12.0. The van der Waals surface area contributed by atoms with Crippen molar-refractivity contribution in [3.05, 3.63) is 53.0 Å². The van der Waals surface area contributed by atoms with E-state index in [1.165, 1.54) is 5.56 Å². The number of hydrogen-bond acceptors (Lipinski definition) is 4. The molecule has 2 aromatic rings. The normalized spacial score (nSPS) is 20.1. The molecule has 2 atom stereocenters. The van der Waals surface area contributed by atoms with E-state index in [1.807, 2.05) is 24.0 Å². The lowest BCUT2D eigenvalue weighted by molar-refractivity contribution is 0.0707. The number of aryl methyl sites for hydroxylation is 2. The summed E-state index contributed by atoms with van der Waals surface area (Å²) in [6.45, 7) is 7.74. The first-order valence-electron chi connectivity index (χ1n) is 8.77. The van der Waals surface area contributed by atoms with Gasteiger partial charge >= 0.3 is 0 Å². The Morgan fingerprint density at radius 2 is 2.12 bits per heavy atom. The van der Waals surface area contributed by atoms with Crippen molar-refractivity contribution in [2.45, 2.75) is 39.8 Å². The van der Waals surface area contributed by atoms with Gasteiger partial charge in [-0.25, -0.2) is 0 Å². The van der Waals surface area contributed by atoms with E-state index in [2.05, 4.69) is 19.9 Å². The molecule has 1 aliphatic rings. The van der Waals surface area contributed by atoms with Gasteiger partial charge < -0.3 is 19.8 Å². The van der Waals surface area contributed by atoms with Crippen LogP contribution in [0.5, 0.6) is 5.75 Å². The summed E-state index contributed by atoms with van der Waals surface area (Å²) in [4.78, 5) is 14.5. The van der Waals surface area contributed by atoms with Crippen LogP contribution in [0.25, 0.3) is 0 Å². The van der Waals surface area contributed by atoms with E-state index in [9.17, 15) is 4.79 Å². The molecule has 0 bridgehead atoms. The number of benzene rings is 1. The van der Waals surface area contributed by atoms with Crippen molar-refractivity contribution >= 4 is 5.91 Å². The second-order valence-corrected chi connectivity index (χ2v) is 6.97. The van der Waals surface area contributed by atoms with E-state index in [0.717, 1.165) is 17.7 Å². The maximum atomic E-state index is 12.6. The lowest BCUT2D eigenvalue weighted by Gasteiger charge is -2.20. The summed E-state index contributed by atoms with van der Waals surface area (Å²) in [7, 11) is 0. The molecule has 3 rings (SSSR count). The van der Waals surface area contributed by atoms with E-state index >= 15 is 0 Å². The van der Waals surface area contributed by atoms with Crippen molar-refractivity contribution in [3.8, 4) is 5.75 Å². The number of amides is 1. The molecule has 0 spiro atoms. The van der Waals surface area contributed by atoms with E-state index in [4.69, 9.17) is 14.9 Å². The number of carbonyl (C=O) groups is 1. The number of hydrogen-bond donors (Lipinski definition) is 1. The van der Waals surface area contributed by atoms with Crippen molar-refractivity contribution < 1.29 is 13.9 Å². The van der Waals surface area contributed by atoms with Crippen molar-refractivity contribution in [2.24, 2.45) is 11.7 Å². The fourth-order valence-electron chi connectivity index (χ4n) is 3.42. The van der Waals surface area contributed by atoms with Crippen LogP contribution in [-0.2, 0) is 6.61 Å². The zero-order valence-corrected chi connectivity index (χ0v) is 15.1. The zero-order valence-electron chi connectivity index (χ0n) is 15.1. The average Bonchev–Trinajstić information content (AvgIpc) is 3.20. The highest BCUT2D eigenvalue weighted by Gasteiger charge is 2.33. The molecule has 25 heavy (non-hydrogen) atoms. The summed E-state index contributed by atoms with van der Waals surface area (Å²) >= 11 is 0. The Labute approximate surface area is 148 Å². The van der Waals surface area contributed by atoms with Gasteiger partial charge in [0.05, 0.1) is 0 Å². The van der Waals surface area contributed by atoms with Gasteiger partial charge in [-0.3, -0.25) is 4.79 Å². The van der Waals surface area contributed by atoms with Gasteiger partial charge in [-0.05, 0) is 63.4 Å². The Bertz CT molecular complexity index is 753. The van der Waals surface area contributed by atoms with Gasteiger partial charge in [-0.1, -0.05) is 17.7 Å². The molecule has 1 aliphatic heterocycles. The van der Waals surface area contributed by atoms with Gasteiger partial charge in [0.2, 0.25) is 0 Å². The molecular formula is C20H26N2O3. The minimum atomic E-state index is -0.0683. The number of rotatable bonds is 5. The summed E-state index contributed by atoms with van der Waals surface area (Å²) < 4.78 is 11.5. The summed E-state index contributed by atoms with van der Waals surface area (Å²) in [5.41, 5.74) is 8.02. The van der Waals surface area contributed by atoms with Crippen LogP contribution in [0.2, 0.25) is 0 Å². The van der Waals surface area contributed by atoms with Crippen LogP contribution in [0.15, 0.2) is 34.7 Å². The number of furan rings is 1. The number of carbonyl (C=O) groups excluding carboxylic acids is 1. The van der Waals surface area contributed by atoms with Crippen molar-refractivity contribution in [3.63, 3.8) is 0 Å². The van der Waals surface area contributed by atoms with Gasteiger partial charge in [-0.2, -0.15) is 0 Å². The van der Waals surface area contributed by atoms with Gasteiger partial charge in [0, 0.05) is 12.6 Å². The molecule has 2 heterocycles. The number of ether oxygens (including phenoxy) is 1. The Kier molecular flexibility index (Phi) is 5.13. The van der Waals surface area contributed by atoms with Crippen LogP contribution >= 0.6 is 0 Å². The number of likely N-dealkylation sites (tertiary alicyclic amines) is 1. The molecular weight excluding hydrogens is 316 g/mol. The van der Waals surface area contributed by atoms with Gasteiger partial charge in [0.15, 0.2) is 5.76 Å². The smallest absolute Gasteiger partial charge is 0.289 e. The zero-order chi connectivity index (χ0) is 18.0. The monoisotopic (exact) mass is 342 g/mol. The van der Waals surface area contributed by atoms with Crippen LogP contribution < -0.4 is 10.5 Å². The second-order valence-electron chi connectivity index (χ2n) is 6.97. The molecule has 1 amide bonds. The maximum absolute atomic E-state index is 12.6. The third kappa shape index (κ3) is 3.87. The molecule has 2 N–H and O–H groups in total. The van der Waals surface area contributed by atoms with Crippen LogP contribution in [0.1, 0.15) is 40.8 Å². The SMILES string of the molecule is Cc1ccc(OCc2ccc(C(=O)N3CC(CN)CC3C)o2)c(C)c1. The Morgan fingerprint density at radius 3 is 2.80 bits per heavy atom. The van der Waals surface area contributed by atoms with Crippen LogP contribution in [0.3, 0.4) is 0 Å². The first-order valence-corrected chi connectivity index (χ1v) is 8.77. The lowest BCUT2D eigenvalue weighted by Crippen LogP contribution is -2.34. The summed E-state index contributed by atoms with van der Waals surface area (Å²) in [5, 5.41) is 0. The van der Waals surface area contributed by atoms with Gasteiger partial charge in [0.25, 0.3) is 5.91 Å². The van der Waals surface area contributed by atoms with E-state index in [-0.39, 0.29) is 11.9 Å². The fraction of sp³-hybridized carbons (Fsp3) is 0.450. The van der Waals surface area contributed by atoms with E-state index < -0.39 is 0 Å². The minimum Gasteiger partial charge on any atom is -0.485 e. The van der Waals surface area contributed by atoms with Crippen LogP contribution in [-0.4, -0.2) is 29.9 Å². The molecule has 1 fully saturated rings. The van der Waals surface area contributed by atoms with Crippen molar-refractivity contribution in [1.29, 1.82) is 0 Å². The molecule has 0 aliphatic carbocycles. The Balaban J connectivity index is 1.63. The molecule has 134 valence electrons. The molecule has 0 radical (unpaired) electrons. The average molecular weight is 342 g/mol. The van der Waals surface area contributed by atoms with Crippen LogP contribution in [0, 0.1) is 19.8 Å². The van der Waals surface area contributed by atoms with Crippen molar-refractivity contribution in [1.82, 2.24) is 4.90 Å². The Hall–Kier alpha value is -2.27.